The molecule has 2 aromatic rings. The number of hydrogen-bond acceptors (Lipinski definition) is 3. The highest BCUT2D eigenvalue weighted by Crippen LogP contribution is 2.12. The van der Waals surface area contributed by atoms with E-state index in [9.17, 15) is 9.59 Å². The minimum atomic E-state index is -0.895. The summed E-state index contributed by atoms with van der Waals surface area (Å²) in [7, 11) is 0. The predicted molar refractivity (Wildman–Crippen MR) is 79.0 cm³/mol. The van der Waals surface area contributed by atoms with Gasteiger partial charge in [0, 0.05) is 24.0 Å². The summed E-state index contributed by atoms with van der Waals surface area (Å²) < 4.78 is 0. The minimum absolute atomic E-state index is 0.0579. The molecule has 2 N–H and O–H groups in total. The number of carboxylic acid groups (broad SMARTS) is 1. The van der Waals surface area contributed by atoms with Crippen molar-refractivity contribution in [2.45, 2.75) is 19.3 Å². The zero-order valence-corrected chi connectivity index (χ0v) is 11.5. The SMILES string of the molecule is O=C(O)Cc1cccc(NC(=O)CCc2ccccn2)c1. The second kappa shape index (κ2) is 7.19. The molecule has 1 heterocycles. The Morgan fingerprint density at radius 2 is 2.00 bits per heavy atom. The van der Waals surface area contributed by atoms with Crippen molar-refractivity contribution < 1.29 is 14.7 Å². The molecular formula is C16H16N2O3. The summed E-state index contributed by atoms with van der Waals surface area (Å²) in [6.07, 6.45) is 2.54. The lowest BCUT2D eigenvalue weighted by Gasteiger charge is -2.06. The number of amides is 1. The summed E-state index contributed by atoms with van der Waals surface area (Å²) >= 11 is 0. The van der Waals surface area contributed by atoms with Crippen molar-refractivity contribution >= 4 is 17.6 Å². The number of aromatic nitrogens is 1. The molecule has 1 aromatic carbocycles. The van der Waals surface area contributed by atoms with Crippen molar-refractivity contribution in [1.29, 1.82) is 0 Å². The second-order valence-corrected chi connectivity index (χ2v) is 4.64. The molecule has 0 aliphatic heterocycles. The van der Waals surface area contributed by atoms with E-state index in [1.807, 2.05) is 18.2 Å². The van der Waals surface area contributed by atoms with Crippen LogP contribution < -0.4 is 5.32 Å². The molecule has 0 saturated heterocycles. The van der Waals surface area contributed by atoms with E-state index in [-0.39, 0.29) is 12.3 Å². The lowest BCUT2D eigenvalue weighted by molar-refractivity contribution is -0.136. The fraction of sp³-hybridized carbons (Fsp3) is 0.188. The summed E-state index contributed by atoms with van der Waals surface area (Å²) in [6.45, 7) is 0. The van der Waals surface area contributed by atoms with E-state index in [2.05, 4.69) is 10.3 Å². The van der Waals surface area contributed by atoms with Gasteiger partial charge in [-0.2, -0.15) is 0 Å². The van der Waals surface area contributed by atoms with E-state index in [1.54, 1.807) is 30.5 Å². The van der Waals surface area contributed by atoms with Crippen LogP contribution in [0.1, 0.15) is 17.7 Å². The first-order valence-corrected chi connectivity index (χ1v) is 6.64. The molecule has 0 unspecified atom stereocenters. The zero-order chi connectivity index (χ0) is 15.1. The summed E-state index contributed by atoms with van der Waals surface area (Å²) in [5.41, 5.74) is 2.14. The van der Waals surface area contributed by atoms with Gasteiger partial charge in [-0.15, -0.1) is 0 Å². The monoisotopic (exact) mass is 284 g/mol. The molecule has 0 bridgehead atoms. The number of pyridine rings is 1. The highest BCUT2D eigenvalue weighted by atomic mass is 16.4. The molecule has 0 atom stereocenters. The first-order chi connectivity index (χ1) is 10.1. The Morgan fingerprint density at radius 1 is 1.14 bits per heavy atom. The van der Waals surface area contributed by atoms with E-state index in [0.717, 1.165) is 5.69 Å². The van der Waals surface area contributed by atoms with Crippen molar-refractivity contribution in [3.63, 3.8) is 0 Å². The standard InChI is InChI=1S/C16H16N2O3/c19-15(8-7-13-5-1-2-9-17-13)18-14-6-3-4-12(10-14)11-16(20)21/h1-6,9-10H,7-8,11H2,(H,18,19)(H,20,21). The Labute approximate surface area is 122 Å². The molecule has 21 heavy (non-hydrogen) atoms. The predicted octanol–water partition coefficient (Wildman–Crippen LogP) is 2.28. The number of nitrogens with one attached hydrogen (secondary N) is 1. The molecule has 1 aromatic heterocycles. The maximum absolute atomic E-state index is 11.9. The molecule has 5 heteroatoms. The van der Waals surface area contributed by atoms with Crippen LogP contribution in [0.5, 0.6) is 0 Å². The van der Waals surface area contributed by atoms with Crippen molar-refractivity contribution in [1.82, 2.24) is 4.98 Å². The number of aliphatic carboxylic acids is 1. The van der Waals surface area contributed by atoms with E-state index in [4.69, 9.17) is 5.11 Å². The second-order valence-electron chi connectivity index (χ2n) is 4.64. The van der Waals surface area contributed by atoms with E-state index in [1.165, 1.54) is 0 Å². The zero-order valence-electron chi connectivity index (χ0n) is 11.5. The van der Waals surface area contributed by atoms with E-state index >= 15 is 0 Å². The topological polar surface area (TPSA) is 79.3 Å². The van der Waals surface area contributed by atoms with Crippen molar-refractivity contribution in [2.24, 2.45) is 0 Å². The van der Waals surface area contributed by atoms with Crippen molar-refractivity contribution in [3.8, 4) is 0 Å². The first-order valence-electron chi connectivity index (χ1n) is 6.64. The molecule has 2 rings (SSSR count). The van der Waals surface area contributed by atoms with Gasteiger partial charge in [-0.25, -0.2) is 0 Å². The van der Waals surface area contributed by atoms with Gasteiger partial charge < -0.3 is 10.4 Å². The van der Waals surface area contributed by atoms with Gasteiger partial charge in [0.25, 0.3) is 0 Å². The molecule has 0 saturated carbocycles. The first kappa shape index (κ1) is 14.7. The smallest absolute Gasteiger partial charge is 0.307 e. The Kier molecular flexibility index (Phi) is 5.04. The lowest BCUT2D eigenvalue weighted by Crippen LogP contribution is -2.13. The van der Waals surface area contributed by atoms with Crippen LogP contribution >= 0.6 is 0 Å². The fourth-order valence-corrected chi connectivity index (χ4v) is 1.94. The van der Waals surface area contributed by atoms with Gasteiger partial charge >= 0.3 is 5.97 Å². The molecule has 5 nitrogen and oxygen atoms in total. The van der Waals surface area contributed by atoms with Crippen LogP contribution in [-0.4, -0.2) is 22.0 Å². The van der Waals surface area contributed by atoms with Gasteiger partial charge in [0.05, 0.1) is 6.42 Å². The third-order valence-corrected chi connectivity index (χ3v) is 2.90. The summed E-state index contributed by atoms with van der Waals surface area (Å²) in [5.74, 6) is -1.01. The third-order valence-electron chi connectivity index (χ3n) is 2.90. The Bertz CT molecular complexity index is 626. The van der Waals surface area contributed by atoms with Crippen molar-refractivity contribution in [2.75, 3.05) is 5.32 Å². The minimum Gasteiger partial charge on any atom is -0.481 e. The van der Waals surface area contributed by atoms with Gasteiger partial charge in [-0.3, -0.25) is 14.6 Å². The quantitative estimate of drug-likeness (QED) is 0.853. The average molecular weight is 284 g/mol. The van der Waals surface area contributed by atoms with Crippen LogP contribution in [0.2, 0.25) is 0 Å². The molecule has 1 amide bonds. The molecule has 0 aliphatic carbocycles. The van der Waals surface area contributed by atoms with Gasteiger partial charge in [0.2, 0.25) is 5.91 Å². The maximum Gasteiger partial charge on any atom is 0.307 e. The van der Waals surface area contributed by atoms with Crippen LogP contribution in [0.15, 0.2) is 48.7 Å². The van der Waals surface area contributed by atoms with Gasteiger partial charge in [0.1, 0.15) is 0 Å². The third kappa shape index (κ3) is 5.06. The van der Waals surface area contributed by atoms with Crippen LogP contribution in [0, 0.1) is 0 Å². The summed E-state index contributed by atoms with van der Waals surface area (Å²) in [4.78, 5) is 26.7. The number of aryl methyl sites for hydroxylation is 1. The molecular weight excluding hydrogens is 268 g/mol. The summed E-state index contributed by atoms with van der Waals surface area (Å²) in [5, 5.41) is 11.5. The number of hydrogen-bond donors (Lipinski definition) is 2. The maximum atomic E-state index is 11.9. The van der Waals surface area contributed by atoms with Gasteiger partial charge in [0.15, 0.2) is 0 Å². The normalized spacial score (nSPS) is 10.1. The highest BCUT2D eigenvalue weighted by Gasteiger charge is 2.05. The van der Waals surface area contributed by atoms with Gasteiger partial charge in [-0.1, -0.05) is 18.2 Å². The van der Waals surface area contributed by atoms with Crippen LogP contribution in [0.3, 0.4) is 0 Å². The number of carbonyl (C=O) groups is 2. The van der Waals surface area contributed by atoms with Crippen LogP contribution in [0.25, 0.3) is 0 Å². The lowest BCUT2D eigenvalue weighted by atomic mass is 10.1. The number of benzene rings is 1. The molecule has 108 valence electrons. The number of carboxylic acids is 1. The molecule has 0 spiro atoms. The average Bonchev–Trinajstić information content (AvgIpc) is 2.46. The number of anilines is 1. The van der Waals surface area contributed by atoms with E-state index < -0.39 is 5.97 Å². The molecule has 0 radical (unpaired) electrons. The number of nitrogens with zero attached hydrogens (tertiary/aromatic N) is 1. The van der Waals surface area contributed by atoms with Gasteiger partial charge in [-0.05, 0) is 36.2 Å². The molecule has 0 fully saturated rings. The largest absolute Gasteiger partial charge is 0.481 e. The number of carbonyl (C=O) groups excluding carboxylic acids is 1. The number of rotatable bonds is 6. The Balaban J connectivity index is 1.89. The Morgan fingerprint density at radius 3 is 2.71 bits per heavy atom. The Hall–Kier alpha value is -2.69. The van der Waals surface area contributed by atoms with Crippen LogP contribution in [-0.2, 0) is 22.4 Å². The highest BCUT2D eigenvalue weighted by molar-refractivity contribution is 5.91. The fourth-order valence-electron chi connectivity index (χ4n) is 1.94. The van der Waals surface area contributed by atoms with Crippen molar-refractivity contribution in [3.05, 3.63) is 59.9 Å². The summed E-state index contributed by atoms with van der Waals surface area (Å²) in [6, 6.07) is 12.5. The van der Waals surface area contributed by atoms with Crippen LogP contribution in [0.4, 0.5) is 5.69 Å². The van der Waals surface area contributed by atoms with E-state index in [0.29, 0.717) is 24.1 Å². The molecule has 0 aliphatic rings.